The van der Waals surface area contributed by atoms with Gasteiger partial charge >= 0.3 is 0 Å². The summed E-state index contributed by atoms with van der Waals surface area (Å²) in [5, 5.41) is 2.46. The van der Waals surface area contributed by atoms with Crippen molar-refractivity contribution in [3.63, 3.8) is 0 Å². The summed E-state index contributed by atoms with van der Waals surface area (Å²) in [6, 6.07) is 9.12. The zero-order chi connectivity index (χ0) is 14.4. The van der Waals surface area contributed by atoms with E-state index in [1.165, 1.54) is 13.2 Å². The Labute approximate surface area is 116 Å². The molecule has 2 rings (SSSR count). The lowest BCUT2D eigenvalue weighted by atomic mass is 10.2. The Morgan fingerprint density at radius 3 is 2.65 bits per heavy atom. The highest BCUT2D eigenvalue weighted by Gasteiger charge is 2.08. The summed E-state index contributed by atoms with van der Waals surface area (Å²) in [5.41, 5.74) is 0.978. The van der Waals surface area contributed by atoms with E-state index in [2.05, 4.69) is 15.3 Å². The summed E-state index contributed by atoms with van der Waals surface area (Å²) in [6.45, 7) is 0.355. The fourth-order valence-electron chi connectivity index (χ4n) is 1.52. The number of amides is 1. The minimum Gasteiger partial charge on any atom is -0.497 e. The highest BCUT2D eigenvalue weighted by Crippen LogP contribution is 2.13. The second-order valence-corrected chi connectivity index (χ2v) is 3.93. The SMILES string of the molecule is CNC(=O)c1nccc(OCc2ccc(OC)cc2)n1. The number of aromatic nitrogens is 2. The van der Waals surface area contributed by atoms with Crippen molar-refractivity contribution in [3.8, 4) is 11.6 Å². The van der Waals surface area contributed by atoms with Crippen molar-refractivity contribution in [1.29, 1.82) is 0 Å². The number of nitrogens with one attached hydrogen (secondary N) is 1. The van der Waals surface area contributed by atoms with Crippen LogP contribution in [0.2, 0.25) is 0 Å². The largest absolute Gasteiger partial charge is 0.497 e. The molecule has 0 aliphatic carbocycles. The highest BCUT2D eigenvalue weighted by molar-refractivity contribution is 5.90. The third-order valence-corrected chi connectivity index (χ3v) is 2.61. The number of hydrogen-bond acceptors (Lipinski definition) is 5. The standard InChI is InChI=1S/C14H15N3O3/c1-15-14(18)13-16-8-7-12(17-13)20-9-10-3-5-11(19-2)6-4-10/h3-8H,9H2,1-2H3,(H,15,18). The fourth-order valence-corrected chi connectivity index (χ4v) is 1.52. The van der Waals surface area contributed by atoms with Crippen LogP contribution in [-0.2, 0) is 6.61 Å². The second kappa shape index (κ2) is 6.51. The molecular weight excluding hydrogens is 258 g/mol. The fraction of sp³-hybridized carbons (Fsp3) is 0.214. The van der Waals surface area contributed by atoms with Gasteiger partial charge in [-0.2, -0.15) is 4.98 Å². The predicted octanol–water partition coefficient (Wildman–Crippen LogP) is 1.42. The van der Waals surface area contributed by atoms with Gasteiger partial charge in [0.1, 0.15) is 12.4 Å². The minimum atomic E-state index is -0.347. The van der Waals surface area contributed by atoms with Crippen molar-refractivity contribution in [1.82, 2.24) is 15.3 Å². The van der Waals surface area contributed by atoms with E-state index in [-0.39, 0.29) is 11.7 Å². The number of carbonyl (C=O) groups is 1. The number of ether oxygens (including phenoxy) is 2. The second-order valence-electron chi connectivity index (χ2n) is 3.93. The molecule has 0 bridgehead atoms. The van der Waals surface area contributed by atoms with Crippen LogP contribution in [0.25, 0.3) is 0 Å². The molecule has 0 atom stereocenters. The van der Waals surface area contributed by atoms with Gasteiger partial charge < -0.3 is 14.8 Å². The van der Waals surface area contributed by atoms with Crippen LogP contribution in [0, 0.1) is 0 Å². The minimum absolute atomic E-state index is 0.0831. The quantitative estimate of drug-likeness (QED) is 0.892. The van der Waals surface area contributed by atoms with E-state index in [1.54, 1.807) is 13.2 Å². The molecule has 6 heteroatoms. The Balaban J connectivity index is 2.01. The molecule has 1 heterocycles. The van der Waals surface area contributed by atoms with Crippen molar-refractivity contribution < 1.29 is 14.3 Å². The van der Waals surface area contributed by atoms with E-state index in [9.17, 15) is 4.79 Å². The van der Waals surface area contributed by atoms with Crippen LogP contribution in [0.5, 0.6) is 11.6 Å². The Hall–Kier alpha value is -2.63. The van der Waals surface area contributed by atoms with Gasteiger partial charge in [0.15, 0.2) is 0 Å². The van der Waals surface area contributed by atoms with Crippen molar-refractivity contribution in [3.05, 3.63) is 47.9 Å². The first-order chi connectivity index (χ1) is 9.72. The van der Waals surface area contributed by atoms with Crippen molar-refractivity contribution in [2.75, 3.05) is 14.2 Å². The van der Waals surface area contributed by atoms with Crippen molar-refractivity contribution >= 4 is 5.91 Å². The Morgan fingerprint density at radius 2 is 2.00 bits per heavy atom. The molecule has 2 aromatic rings. The number of rotatable bonds is 5. The molecule has 0 aliphatic rings. The molecule has 1 aromatic heterocycles. The number of methoxy groups -OCH3 is 1. The lowest BCUT2D eigenvalue weighted by Gasteiger charge is -2.07. The van der Waals surface area contributed by atoms with Crippen LogP contribution < -0.4 is 14.8 Å². The maximum absolute atomic E-state index is 11.4. The summed E-state index contributed by atoms with van der Waals surface area (Å²) in [7, 11) is 3.14. The highest BCUT2D eigenvalue weighted by atomic mass is 16.5. The monoisotopic (exact) mass is 273 g/mol. The van der Waals surface area contributed by atoms with Gasteiger partial charge in [-0.15, -0.1) is 0 Å². The Bertz CT molecular complexity index is 584. The number of hydrogen-bond donors (Lipinski definition) is 1. The molecule has 0 fully saturated rings. The van der Waals surface area contributed by atoms with Gasteiger partial charge in [-0.05, 0) is 17.7 Å². The van der Waals surface area contributed by atoms with E-state index in [4.69, 9.17) is 9.47 Å². The summed E-state index contributed by atoms with van der Waals surface area (Å²) < 4.78 is 10.6. The van der Waals surface area contributed by atoms with Crippen LogP contribution in [0.1, 0.15) is 16.2 Å². The topological polar surface area (TPSA) is 73.3 Å². The van der Waals surface area contributed by atoms with E-state index >= 15 is 0 Å². The molecule has 0 spiro atoms. The molecule has 1 amide bonds. The lowest BCUT2D eigenvalue weighted by Crippen LogP contribution is -2.20. The molecule has 6 nitrogen and oxygen atoms in total. The molecule has 1 aromatic carbocycles. The predicted molar refractivity (Wildman–Crippen MR) is 72.7 cm³/mol. The molecule has 0 saturated carbocycles. The van der Waals surface area contributed by atoms with Gasteiger partial charge in [0.05, 0.1) is 7.11 Å². The van der Waals surface area contributed by atoms with E-state index in [0.717, 1.165) is 11.3 Å². The van der Waals surface area contributed by atoms with Crippen LogP contribution in [0.4, 0.5) is 0 Å². The van der Waals surface area contributed by atoms with Gasteiger partial charge in [-0.25, -0.2) is 4.98 Å². The Kier molecular flexibility index (Phi) is 4.49. The average Bonchev–Trinajstić information content (AvgIpc) is 2.53. The lowest BCUT2D eigenvalue weighted by molar-refractivity contribution is 0.0951. The third kappa shape index (κ3) is 3.44. The third-order valence-electron chi connectivity index (χ3n) is 2.61. The molecule has 104 valence electrons. The molecule has 1 N–H and O–H groups in total. The smallest absolute Gasteiger partial charge is 0.288 e. The van der Waals surface area contributed by atoms with Crippen LogP contribution in [-0.4, -0.2) is 30.0 Å². The molecule has 0 unspecified atom stereocenters. The van der Waals surface area contributed by atoms with Crippen LogP contribution >= 0.6 is 0 Å². The maximum atomic E-state index is 11.4. The van der Waals surface area contributed by atoms with Gasteiger partial charge in [-0.1, -0.05) is 12.1 Å². The summed E-state index contributed by atoms with van der Waals surface area (Å²) in [6.07, 6.45) is 1.49. The van der Waals surface area contributed by atoms with E-state index in [0.29, 0.717) is 12.5 Å². The number of nitrogens with zero attached hydrogens (tertiary/aromatic N) is 2. The summed E-state index contributed by atoms with van der Waals surface area (Å²) in [4.78, 5) is 19.3. The zero-order valence-electron chi connectivity index (χ0n) is 11.3. The maximum Gasteiger partial charge on any atom is 0.288 e. The number of carbonyl (C=O) groups excluding carboxylic acids is 1. The van der Waals surface area contributed by atoms with Gasteiger partial charge in [0, 0.05) is 19.3 Å². The molecule has 0 aliphatic heterocycles. The first kappa shape index (κ1) is 13.8. The van der Waals surface area contributed by atoms with Crippen LogP contribution in [0.15, 0.2) is 36.5 Å². The molecule has 20 heavy (non-hydrogen) atoms. The first-order valence-electron chi connectivity index (χ1n) is 6.04. The van der Waals surface area contributed by atoms with Gasteiger partial charge in [0.25, 0.3) is 5.91 Å². The average molecular weight is 273 g/mol. The summed E-state index contributed by atoms with van der Waals surface area (Å²) >= 11 is 0. The van der Waals surface area contributed by atoms with E-state index in [1.807, 2.05) is 24.3 Å². The molecule has 0 radical (unpaired) electrons. The van der Waals surface area contributed by atoms with Crippen LogP contribution in [0.3, 0.4) is 0 Å². The molecule has 0 saturated heterocycles. The van der Waals surface area contributed by atoms with Crippen molar-refractivity contribution in [2.24, 2.45) is 0 Å². The van der Waals surface area contributed by atoms with Gasteiger partial charge in [-0.3, -0.25) is 4.79 Å². The summed E-state index contributed by atoms with van der Waals surface area (Å²) in [5.74, 6) is 0.881. The zero-order valence-corrected chi connectivity index (χ0v) is 11.3. The van der Waals surface area contributed by atoms with Gasteiger partial charge in [0.2, 0.25) is 11.7 Å². The number of benzene rings is 1. The first-order valence-corrected chi connectivity index (χ1v) is 6.04. The Morgan fingerprint density at radius 1 is 1.25 bits per heavy atom. The van der Waals surface area contributed by atoms with E-state index < -0.39 is 0 Å². The van der Waals surface area contributed by atoms with Crippen molar-refractivity contribution in [2.45, 2.75) is 6.61 Å². The normalized spacial score (nSPS) is 9.90. The molecular formula is C14H15N3O3.